The van der Waals surface area contributed by atoms with Crippen LogP contribution in [-0.2, 0) is 13.1 Å². The lowest BCUT2D eigenvalue weighted by Crippen LogP contribution is -2.34. The van der Waals surface area contributed by atoms with E-state index in [0.29, 0.717) is 6.54 Å². The first kappa shape index (κ1) is 12.5. The summed E-state index contributed by atoms with van der Waals surface area (Å²) in [5.74, 6) is 0.935. The molecule has 5 nitrogen and oxygen atoms in total. The Labute approximate surface area is 103 Å². The average molecular weight is 237 g/mol. The predicted molar refractivity (Wildman–Crippen MR) is 67.4 cm³/mol. The Morgan fingerprint density at radius 2 is 2.35 bits per heavy atom. The lowest BCUT2D eigenvalue weighted by atomic mass is 9.85. The zero-order valence-corrected chi connectivity index (χ0v) is 10.7. The van der Waals surface area contributed by atoms with Crippen LogP contribution in [-0.4, -0.2) is 39.5 Å². The molecule has 5 heteroatoms. The van der Waals surface area contributed by atoms with Gasteiger partial charge in [0.1, 0.15) is 0 Å². The molecular weight excluding hydrogens is 214 g/mol. The van der Waals surface area contributed by atoms with Gasteiger partial charge in [0.05, 0.1) is 12.2 Å². The summed E-state index contributed by atoms with van der Waals surface area (Å²) in [5.41, 5.74) is 6.38. The van der Waals surface area contributed by atoms with Crippen molar-refractivity contribution < 1.29 is 0 Å². The van der Waals surface area contributed by atoms with Gasteiger partial charge in [0.25, 0.3) is 0 Å². The Bertz CT molecular complexity index is 331. The van der Waals surface area contributed by atoms with Gasteiger partial charge in [-0.15, -0.1) is 5.10 Å². The molecular formula is C12H23N5. The molecule has 1 aromatic rings. The number of aromatic nitrogens is 3. The molecule has 1 fully saturated rings. The minimum Gasteiger partial charge on any atom is -0.325 e. The van der Waals surface area contributed by atoms with Crippen molar-refractivity contribution in [2.24, 2.45) is 11.7 Å². The van der Waals surface area contributed by atoms with Crippen LogP contribution in [0.4, 0.5) is 0 Å². The first-order valence-corrected chi connectivity index (χ1v) is 6.63. The van der Waals surface area contributed by atoms with Gasteiger partial charge in [0.2, 0.25) is 0 Å². The lowest BCUT2D eigenvalue weighted by molar-refractivity contribution is 0.177. The van der Waals surface area contributed by atoms with E-state index in [1.807, 2.05) is 10.9 Å². The molecule has 0 aliphatic heterocycles. The van der Waals surface area contributed by atoms with Crippen molar-refractivity contribution >= 4 is 0 Å². The van der Waals surface area contributed by atoms with Gasteiger partial charge >= 0.3 is 0 Å². The first-order valence-electron chi connectivity index (χ1n) is 6.63. The molecule has 1 aromatic heterocycles. The Morgan fingerprint density at radius 3 is 2.88 bits per heavy atom. The predicted octanol–water partition coefficient (Wildman–Crippen LogP) is 0.859. The normalized spacial score (nSPS) is 16.4. The highest BCUT2D eigenvalue weighted by molar-refractivity contribution is 4.90. The second-order valence-electron chi connectivity index (χ2n) is 4.87. The van der Waals surface area contributed by atoms with Crippen LogP contribution in [0.3, 0.4) is 0 Å². The molecule has 2 N–H and O–H groups in total. The van der Waals surface area contributed by atoms with Gasteiger partial charge in [-0.05, 0) is 25.3 Å². The van der Waals surface area contributed by atoms with Crippen LogP contribution in [0.25, 0.3) is 0 Å². The summed E-state index contributed by atoms with van der Waals surface area (Å²) < 4.78 is 1.89. The van der Waals surface area contributed by atoms with Gasteiger partial charge < -0.3 is 10.6 Å². The van der Waals surface area contributed by atoms with Crippen LogP contribution < -0.4 is 5.73 Å². The van der Waals surface area contributed by atoms with Crippen molar-refractivity contribution in [3.05, 3.63) is 11.9 Å². The third kappa shape index (κ3) is 3.51. The van der Waals surface area contributed by atoms with Crippen LogP contribution in [0, 0.1) is 5.92 Å². The molecule has 0 spiro atoms. The second kappa shape index (κ2) is 6.12. The summed E-state index contributed by atoms with van der Waals surface area (Å²) in [6.45, 7) is 7.03. The van der Waals surface area contributed by atoms with Crippen LogP contribution in [0.1, 0.15) is 31.9 Å². The second-order valence-corrected chi connectivity index (χ2v) is 4.87. The molecule has 96 valence electrons. The Balaban J connectivity index is 1.74. The minimum atomic E-state index is 0.472. The highest BCUT2D eigenvalue weighted by atomic mass is 15.4. The van der Waals surface area contributed by atoms with E-state index in [-0.39, 0.29) is 0 Å². The van der Waals surface area contributed by atoms with Gasteiger partial charge in [-0.1, -0.05) is 18.6 Å². The molecule has 1 saturated carbocycles. The van der Waals surface area contributed by atoms with Crippen LogP contribution in [0.2, 0.25) is 0 Å². The molecule has 0 amide bonds. The van der Waals surface area contributed by atoms with Crippen molar-refractivity contribution in [3.63, 3.8) is 0 Å². The lowest BCUT2D eigenvalue weighted by Gasteiger charge is -2.31. The van der Waals surface area contributed by atoms with E-state index in [0.717, 1.165) is 31.2 Å². The topological polar surface area (TPSA) is 60.0 Å². The number of nitrogens with two attached hydrogens (primary N) is 1. The van der Waals surface area contributed by atoms with Crippen LogP contribution in [0.5, 0.6) is 0 Å². The van der Waals surface area contributed by atoms with Crippen molar-refractivity contribution in [2.75, 3.05) is 19.6 Å². The quantitative estimate of drug-likeness (QED) is 0.764. The molecule has 0 bridgehead atoms. The monoisotopic (exact) mass is 237 g/mol. The Kier molecular flexibility index (Phi) is 4.50. The summed E-state index contributed by atoms with van der Waals surface area (Å²) in [4.78, 5) is 2.51. The maximum Gasteiger partial charge on any atom is 0.0962 e. The highest BCUT2D eigenvalue weighted by Gasteiger charge is 2.19. The number of hydrogen-bond acceptors (Lipinski definition) is 4. The standard InChI is InChI=1S/C12H23N5/c1-2-16(9-11-4-3-5-11)6-7-17-10-12(8-13)14-15-17/h10-11H,2-9,13H2,1H3. The van der Waals surface area contributed by atoms with Gasteiger partial charge in [-0.2, -0.15) is 0 Å². The fourth-order valence-electron chi connectivity index (χ4n) is 2.20. The van der Waals surface area contributed by atoms with E-state index >= 15 is 0 Å². The Hall–Kier alpha value is -0.940. The maximum absolute atomic E-state index is 5.51. The summed E-state index contributed by atoms with van der Waals surface area (Å²) in [6.07, 6.45) is 6.19. The zero-order chi connectivity index (χ0) is 12.1. The largest absolute Gasteiger partial charge is 0.325 e. The molecule has 1 heterocycles. The number of nitrogens with zero attached hydrogens (tertiary/aromatic N) is 4. The Morgan fingerprint density at radius 1 is 1.53 bits per heavy atom. The third-order valence-corrected chi connectivity index (χ3v) is 3.63. The first-order chi connectivity index (χ1) is 8.31. The molecule has 0 radical (unpaired) electrons. The van der Waals surface area contributed by atoms with Crippen molar-refractivity contribution in [3.8, 4) is 0 Å². The molecule has 1 aliphatic rings. The van der Waals surface area contributed by atoms with Gasteiger partial charge in [-0.3, -0.25) is 4.68 Å². The molecule has 2 rings (SSSR count). The summed E-state index contributed by atoms with van der Waals surface area (Å²) in [7, 11) is 0. The van der Waals surface area contributed by atoms with Crippen molar-refractivity contribution in [1.29, 1.82) is 0 Å². The van der Waals surface area contributed by atoms with E-state index in [2.05, 4.69) is 22.1 Å². The molecule has 0 unspecified atom stereocenters. The van der Waals surface area contributed by atoms with E-state index < -0.39 is 0 Å². The number of rotatable bonds is 7. The molecule has 0 saturated heterocycles. The number of likely N-dealkylation sites (N-methyl/N-ethyl adjacent to an activating group) is 1. The van der Waals surface area contributed by atoms with E-state index in [1.165, 1.54) is 25.8 Å². The molecule has 0 atom stereocenters. The van der Waals surface area contributed by atoms with E-state index in [1.54, 1.807) is 0 Å². The fourth-order valence-corrected chi connectivity index (χ4v) is 2.20. The van der Waals surface area contributed by atoms with Gasteiger partial charge in [0.15, 0.2) is 0 Å². The zero-order valence-electron chi connectivity index (χ0n) is 10.7. The summed E-state index contributed by atoms with van der Waals surface area (Å²) in [5, 5.41) is 8.06. The SMILES string of the molecule is CCN(CCn1cc(CN)nn1)CC1CCC1. The van der Waals surface area contributed by atoms with Gasteiger partial charge in [0, 0.05) is 25.8 Å². The minimum absolute atomic E-state index is 0.472. The van der Waals surface area contributed by atoms with Crippen LogP contribution >= 0.6 is 0 Å². The molecule has 17 heavy (non-hydrogen) atoms. The van der Waals surface area contributed by atoms with E-state index in [9.17, 15) is 0 Å². The van der Waals surface area contributed by atoms with E-state index in [4.69, 9.17) is 5.73 Å². The third-order valence-electron chi connectivity index (χ3n) is 3.63. The maximum atomic E-state index is 5.51. The summed E-state index contributed by atoms with van der Waals surface area (Å²) >= 11 is 0. The number of hydrogen-bond donors (Lipinski definition) is 1. The van der Waals surface area contributed by atoms with Gasteiger partial charge in [-0.25, -0.2) is 0 Å². The molecule has 0 aromatic carbocycles. The van der Waals surface area contributed by atoms with Crippen molar-refractivity contribution in [1.82, 2.24) is 19.9 Å². The fraction of sp³-hybridized carbons (Fsp3) is 0.833. The average Bonchev–Trinajstić information content (AvgIpc) is 2.75. The van der Waals surface area contributed by atoms with Crippen molar-refractivity contribution in [2.45, 2.75) is 39.3 Å². The van der Waals surface area contributed by atoms with Crippen LogP contribution in [0.15, 0.2) is 6.20 Å². The summed E-state index contributed by atoms with van der Waals surface area (Å²) in [6, 6.07) is 0. The highest BCUT2D eigenvalue weighted by Crippen LogP contribution is 2.26. The smallest absolute Gasteiger partial charge is 0.0962 e. The molecule has 1 aliphatic carbocycles.